The Bertz CT molecular complexity index is 953. The minimum Gasteiger partial charge on any atom is -0.444 e. The maximum atomic E-state index is 12.5. The summed E-state index contributed by atoms with van der Waals surface area (Å²) in [5.41, 5.74) is 0.787. The molecule has 0 saturated carbocycles. The van der Waals surface area contributed by atoms with Crippen LogP contribution in [0.15, 0.2) is 51.2 Å². The highest BCUT2D eigenvalue weighted by atomic mass is 32.2. The van der Waals surface area contributed by atoms with Gasteiger partial charge in [-0.2, -0.15) is 13.2 Å². The first-order valence-electron chi connectivity index (χ1n) is 6.71. The van der Waals surface area contributed by atoms with Gasteiger partial charge in [-0.1, -0.05) is 35.5 Å². The van der Waals surface area contributed by atoms with Gasteiger partial charge < -0.3 is 4.42 Å². The molecule has 3 rings (SSSR count). The Morgan fingerprint density at radius 3 is 2.52 bits per heavy atom. The van der Waals surface area contributed by atoms with Crippen molar-refractivity contribution in [3.05, 3.63) is 64.6 Å². The number of alkyl halides is 3. The Kier molecular flexibility index (Phi) is 4.92. The molecule has 0 fully saturated rings. The van der Waals surface area contributed by atoms with E-state index in [4.69, 9.17) is 4.42 Å². The average Bonchev–Trinajstić information content (AvgIpc) is 3.23. The van der Waals surface area contributed by atoms with Gasteiger partial charge in [-0.25, -0.2) is 0 Å². The Hall–Kier alpha value is -2.57. The summed E-state index contributed by atoms with van der Waals surface area (Å²) < 4.78 is 42.6. The normalized spacial score (nSPS) is 11.0. The van der Waals surface area contributed by atoms with Gasteiger partial charge in [-0.3, -0.25) is 4.79 Å². The molecule has 0 atom stereocenters. The summed E-state index contributed by atoms with van der Waals surface area (Å²) in [6, 6.07) is 12.1. The van der Waals surface area contributed by atoms with Crippen LogP contribution in [0.1, 0.15) is 26.9 Å². The van der Waals surface area contributed by atoms with E-state index in [-0.39, 0.29) is 15.9 Å². The lowest BCUT2D eigenvalue weighted by Gasteiger charge is -1.97. The number of aromatic nitrogens is 2. The molecule has 0 radical (unpaired) electrons. The van der Waals surface area contributed by atoms with Gasteiger partial charge in [0.15, 0.2) is 15.9 Å². The third-order valence-corrected chi connectivity index (χ3v) is 4.65. The van der Waals surface area contributed by atoms with E-state index in [9.17, 15) is 18.0 Å². The van der Waals surface area contributed by atoms with Gasteiger partial charge in [0.1, 0.15) is 0 Å². The molecule has 0 aliphatic carbocycles. The molecule has 4 nitrogen and oxygen atoms in total. The van der Waals surface area contributed by atoms with Gasteiger partial charge in [0, 0.05) is 5.56 Å². The van der Waals surface area contributed by atoms with Crippen molar-refractivity contribution in [1.29, 1.82) is 0 Å². The molecule has 2 heterocycles. The smallest absolute Gasteiger partial charge is 0.444 e. The maximum absolute atomic E-state index is 12.5. The van der Waals surface area contributed by atoms with Gasteiger partial charge in [0.25, 0.3) is 5.12 Å². The first-order valence-corrected chi connectivity index (χ1v) is 8.35. The maximum Gasteiger partial charge on any atom is 0.445 e. The summed E-state index contributed by atoms with van der Waals surface area (Å²) in [5.74, 6) is 5.90. The summed E-state index contributed by atoms with van der Waals surface area (Å²) in [5, 5.41) is 4.70. The highest BCUT2D eigenvalue weighted by Gasteiger charge is 2.36. The molecule has 2 aromatic heterocycles. The van der Waals surface area contributed by atoms with Crippen molar-refractivity contribution in [2.24, 2.45) is 0 Å². The number of rotatable bonds is 2. The van der Waals surface area contributed by atoms with Crippen LogP contribution in [0.5, 0.6) is 0 Å². The first kappa shape index (κ1) is 17.3. The van der Waals surface area contributed by atoms with Gasteiger partial charge in [0.05, 0.1) is 0 Å². The van der Waals surface area contributed by atoms with Crippen LogP contribution in [0.25, 0.3) is 0 Å². The molecular formula is C16H7F3N2O2S2. The van der Waals surface area contributed by atoms with E-state index in [1.807, 2.05) is 30.3 Å². The minimum atomic E-state index is -4.58. The molecule has 0 bridgehead atoms. The van der Waals surface area contributed by atoms with E-state index < -0.39 is 16.3 Å². The second-order valence-electron chi connectivity index (χ2n) is 4.54. The Balaban J connectivity index is 1.69. The van der Waals surface area contributed by atoms with Gasteiger partial charge in [-0.05, 0) is 41.9 Å². The van der Waals surface area contributed by atoms with Gasteiger partial charge >= 0.3 is 6.18 Å². The summed E-state index contributed by atoms with van der Waals surface area (Å²) in [4.78, 5) is 12.0. The molecule has 25 heavy (non-hydrogen) atoms. The molecule has 1 aromatic carbocycles. The zero-order chi connectivity index (χ0) is 17.9. The van der Waals surface area contributed by atoms with Gasteiger partial charge in [-0.15, -0.1) is 10.2 Å². The van der Waals surface area contributed by atoms with E-state index in [0.29, 0.717) is 23.1 Å². The molecule has 0 saturated heterocycles. The minimum absolute atomic E-state index is 0.0221. The third-order valence-electron chi connectivity index (χ3n) is 2.74. The molecule has 126 valence electrons. The van der Waals surface area contributed by atoms with Crippen molar-refractivity contribution >= 4 is 28.2 Å². The fourth-order valence-electron chi connectivity index (χ4n) is 1.67. The standard InChI is InChI=1S/C16H7F3N2O2S2/c17-16(18,19)14-20-21-15(25-14)24-13(22)12-9-8-11(23-12)7-6-10-4-2-1-3-5-10/h1-5,8-9H. The van der Waals surface area contributed by atoms with Crippen LogP contribution in [-0.4, -0.2) is 15.3 Å². The topological polar surface area (TPSA) is 56.0 Å². The van der Waals surface area contributed by atoms with E-state index in [2.05, 4.69) is 22.0 Å². The zero-order valence-electron chi connectivity index (χ0n) is 12.2. The fraction of sp³-hybridized carbons (Fsp3) is 0.0625. The van der Waals surface area contributed by atoms with E-state index in [0.717, 1.165) is 5.56 Å². The van der Waals surface area contributed by atoms with Crippen LogP contribution in [-0.2, 0) is 6.18 Å². The lowest BCUT2D eigenvalue weighted by atomic mass is 10.2. The fourth-order valence-corrected chi connectivity index (χ4v) is 3.19. The number of hydrogen-bond donors (Lipinski definition) is 0. The molecule has 0 spiro atoms. The second-order valence-corrected chi connectivity index (χ2v) is 6.74. The number of carbonyl (C=O) groups is 1. The van der Waals surface area contributed by atoms with E-state index >= 15 is 0 Å². The number of thioether (sulfide) groups is 1. The molecule has 0 N–H and O–H groups in total. The van der Waals surface area contributed by atoms with Gasteiger partial charge in [0.2, 0.25) is 5.01 Å². The van der Waals surface area contributed by atoms with E-state index in [1.165, 1.54) is 12.1 Å². The monoisotopic (exact) mass is 380 g/mol. The molecule has 0 amide bonds. The number of nitrogens with zero attached hydrogens (tertiary/aromatic N) is 2. The second kappa shape index (κ2) is 7.13. The van der Waals surface area contributed by atoms with Crippen LogP contribution in [0, 0.1) is 11.8 Å². The number of halogens is 3. The largest absolute Gasteiger partial charge is 0.445 e. The van der Waals surface area contributed by atoms with Crippen LogP contribution in [0.2, 0.25) is 0 Å². The number of carbonyl (C=O) groups excluding carboxylic acids is 1. The molecule has 0 aliphatic heterocycles. The van der Waals surface area contributed by atoms with Crippen LogP contribution in [0.3, 0.4) is 0 Å². The van der Waals surface area contributed by atoms with Crippen molar-refractivity contribution in [2.75, 3.05) is 0 Å². The highest BCUT2D eigenvalue weighted by molar-refractivity contribution is 8.15. The predicted octanol–water partition coefficient (Wildman–Crippen LogP) is 4.48. The quantitative estimate of drug-likeness (QED) is 0.485. The number of furan rings is 1. The molecule has 9 heteroatoms. The molecule has 0 aliphatic rings. The Morgan fingerprint density at radius 2 is 1.84 bits per heavy atom. The van der Waals surface area contributed by atoms with Crippen molar-refractivity contribution in [3.8, 4) is 11.8 Å². The van der Waals surface area contributed by atoms with Crippen molar-refractivity contribution in [3.63, 3.8) is 0 Å². The van der Waals surface area contributed by atoms with Crippen LogP contribution < -0.4 is 0 Å². The number of hydrogen-bond acceptors (Lipinski definition) is 6. The first-order chi connectivity index (χ1) is 11.9. The van der Waals surface area contributed by atoms with Crippen molar-refractivity contribution in [2.45, 2.75) is 10.5 Å². The predicted molar refractivity (Wildman–Crippen MR) is 86.2 cm³/mol. The number of benzene rings is 1. The summed E-state index contributed by atoms with van der Waals surface area (Å²) in [7, 11) is 0. The summed E-state index contributed by atoms with van der Waals surface area (Å²) >= 11 is 0.828. The summed E-state index contributed by atoms with van der Waals surface area (Å²) in [6.07, 6.45) is -4.58. The van der Waals surface area contributed by atoms with Crippen molar-refractivity contribution < 1.29 is 22.4 Å². The molecular weight excluding hydrogens is 373 g/mol. The zero-order valence-corrected chi connectivity index (χ0v) is 13.8. The molecule has 3 aromatic rings. The molecule has 0 unspecified atom stereocenters. The Morgan fingerprint density at radius 1 is 1.08 bits per heavy atom. The summed E-state index contributed by atoms with van der Waals surface area (Å²) in [6.45, 7) is 0. The van der Waals surface area contributed by atoms with Crippen LogP contribution >= 0.6 is 23.1 Å². The Labute approximate surface area is 148 Å². The van der Waals surface area contributed by atoms with E-state index in [1.54, 1.807) is 0 Å². The van der Waals surface area contributed by atoms with Crippen molar-refractivity contribution in [1.82, 2.24) is 10.2 Å². The third kappa shape index (κ3) is 4.49. The van der Waals surface area contributed by atoms with Crippen LogP contribution in [0.4, 0.5) is 13.2 Å². The lowest BCUT2D eigenvalue weighted by molar-refractivity contribution is -0.138. The highest BCUT2D eigenvalue weighted by Crippen LogP contribution is 2.35. The SMILES string of the molecule is O=C(Sc1nnc(C(F)(F)F)s1)c1ccc(C#Cc2ccccc2)o1. The average molecular weight is 380 g/mol. The lowest BCUT2D eigenvalue weighted by Crippen LogP contribution is -2.03.